The number of thioether (sulfide) groups is 1. The summed E-state index contributed by atoms with van der Waals surface area (Å²) >= 11 is 1.62. The molecule has 0 aliphatic heterocycles. The van der Waals surface area contributed by atoms with Gasteiger partial charge in [-0.25, -0.2) is 15.8 Å². The lowest BCUT2D eigenvalue weighted by Gasteiger charge is -2.12. The number of rotatable bonds is 6. The molecule has 3 N–H and O–H groups in total. The molecule has 1 aliphatic carbocycles. The van der Waals surface area contributed by atoms with E-state index in [1.807, 2.05) is 0 Å². The molecular weight excluding hydrogens is 252 g/mol. The highest BCUT2D eigenvalue weighted by molar-refractivity contribution is 7.99. The second-order valence-corrected chi connectivity index (χ2v) is 5.42. The van der Waals surface area contributed by atoms with Crippen molar-refractivity contribution in [1.82, 2.24) is 9.97 Å². The summed E-state index contributed by atoms with van der Waals surface area (Å²) in [6.45, 7) is 0. The summed E-state index contributed by atoms with van der Waals surface area (Å²) in [5, 5.41) is 0.856. The van der Waals surface area contributed by atoms with Crippen LogP contribution in [-0.4, -0.2) is 28.8 Å². The molecule has 0 saturated heterocycles. The molecule has 1 aliphatic rings. The number of methoxy groups -OCH3 is 1. The van der Waals surface area contributed by atoms with Crippen LogP contribution in [0, 0.1) is 5.41 Å². The van der Waals surface area contributed by atoms with E-state index < -0.39 is 0 Å². The van der Waals surface area contributed by atoms with Gasteiger partial charge in [0.05, 0.1) is 13.5 Å². The Bertz CT molecular complexity index is 437. The number of aromatic nitrogens is 2. The van der Waals surface area contributed by atoms with E-state index in [9.17, 15) is 4.79 Å². The summed E-state index contributed by atoms with van der Waals surface area (Å²) in [6.07, 6.45) is 4.10. The van der Waals surface area contributed by atoms with Gasteiger partial charge in [0.1, 0.15) is 17.2 Å². The van der Waals surface area contributed by atoms with E-state index in [2.05, 4.69) is 15.4 Å². The number of nitrogens with two attached hydrogens (primary N) is 1. The van der Waals surface area contributed by atoms with Crippen molar-refractivity contribution in [3.8, 4) is 0 Å². The SMILES string of the molecule is COC(=O)CC1(CSc2cc(NN)ncn2)CC1. The summed E-state index contributed by atoms with van der Waals surface area (Å²) in [6, 6.07) is 1.79. The molecule has 0 radical (unpaired) electrons. The van der Waals surface area contributed by atoms with Crippen molar-refractivity contribution >= 4 is 23.5 Å². The molecule has 0 atom stereocenters. The molecule has 1 saturated carbocycles. The smallest absolute Gasteiger partial charge is 0.306 e. The monoisotopic (exact) mass is 268 g/mol. The topological polar surface area (TPSA) is 90.1 Å². The van der Waals surface area contributed by atoms with Crippen LogP contribution in [0.25, 0.3) is 0 Å². The van der Waals surface area contributed by atoms with Crippen LogP contribution in [-0.2, 0) is 9.53 Å². The van der Waals surface area contributed by atoms with E-state index in [0.717, 1.165) is 23.6 Å². The Balaban J connectivity index is 1.89. The normalized spacial score (nSPS) is 16.1. The van der Waals surface area contributed by atoms with E-state index in [-0.39, 0.29) is 11.4 Å². The summed E-state index contributed by atoms with van der Waals surface area (Å²) in [5.41, 5.74) is 2.58. The van der Waals surface area contributed by atoms with Crippen LogP contribution in [0.2, 0.25) is 0 Å². The van der Waals surface area contributed by atoms with Crippen LogP contribution >= 0.6 is 11.8 Å². The number of hydrazine groups is 1. The number of esters is 1. The minimum atomic E-state index is -0.139. The van der Waals surface area contributed by atoms with E-state index >= 15 is 0 Å². The summed E-state index contributed by atoms with van der Waals surface area (Å²) < 4.78 is 4.71. The number of carbonyl (C=O) groups excluding carboxylic acids is 1. The third-order valence-electron chi connectivity index (χ3n) is 3.02. The van der Waals surface area contributed by atoms with E-state index in [1.165, 1.54) is 13.4 Å². The molecule has 2 rings (SSSR count). The van der Waals surface area contributed by atoms with Crippen molar-refractivity contribution in [2.45, 2.75) is 24.3 Å². The van der Waals surface area contributed by atoms with Gasteiger partial charge in [-0.3, -0.25) is 4.79 Å². The van der Waals surface area contributed by atoms with E-state index in [4.69, 9.17) is 10.6 Å². The quantitative estimate of drug-likeness (QED) is 0.263. The zero-order valence-corrected chi connectivity index (χ0v) is 11.0. The standard InChI is InChI=1S/C11H16N4O2S/c1-17-10(16)5-11(2-3-11)6-18-9-4-8(15-12)13-7-14-9/h4,7H,2-3,5-6,12H2,1H3,(H,13,14,15). The van der Waals surface area contributed by atoms with Crippen LogP contribution in [0.3, 0.4) is 0 Å². The van der Waals surface area contributed by atoms with Gasteiger partial charge in [-0.05, 0) is 18.3 Å². The summed E-state index contributed by atoms with van der Waals surface area (Å²) in [5.74, 6) is 6.60. The molecule has 0 bridgehead atoms. The van der Waals surface area contributed by atoms with Gasteiger partial charge in [-0.2, -0.15) is 0 Å². The zero-order valence-electron chi connectivity index (χ0n) is 10.2. The van der Waals surface area contributed by atoms with E-state index in [1.54, 1.807) is 17.8 Å². The first-order chi connectivity index (χ1) is 8.67. The fourth-order valence-corrected chi connectivity index (χ4v) is 2.81. The lowest BCUT2D eigenvalue weighted by molar-refractivity contribution is -0.141. The molecule has 18 heavy (non-hydrogen) atoms. The second-order valence-electron chi connectivity index (χ2n) is 4.43. The Kier molecular flexibility index (Phi) is 4.03. The van der Waals surface area contributed by atoms with Gasteiger partial charge in [0.15, 0.2) is 0 Å². The first-order valence-corrected chi connectivity index (χ1v) is 6.64. The minimum Gasteiger partial charge on any atom is -0.469 e. The van der Waals surface area contributed by atoms with Gasteiger partial charge in [-0.15, -0.1) is 11.8 Å². The van der Waals surface area contributed by atoms with Crippen molar-refractivity contribution in [3.05, 3.63) is 12.4 Å². The zero-order chi connectivity index (χ0) is 13.0. The van der Waals surface area contributed by atoms with Crippen LogP contribution in [0.15, 0.2) is 17.4 Å². The Morgan fingerprint density at radius 3 is 3.00 bits per heavy atom. The largest absolute Gasteiger partial charge is 0.469 e. The fraction of sp³-hybridized carbons (Fsp3) is 0.545. The van der Waals surface area contributed by atoms with Crippen LogP contribution in [0.1, 0.15) is 19.3 Å². The van der Waals surface area contributed by atoms with Crippen LogP contribution < -0.4 is 11.3 Å². The Labute approximate surface area is 110 Å². The molecule has 1 heterocycles. The minimum absolute atomic E-state index is 0.0962. The summed E-state index contributed by atoms with van der Waals surface area (Å²) in [7, 11) is 1.43. The number of ether oxygens (including phenoxy) is 1. The van der Waals surface area contributed by atoms with Crippen molar-refractivity contribution in [3.63, 3.8) is 0 Å². The van der Waals surface area contributed by atoms with Crippen molar-refractivity contribution in [1.29, 1.82) is 0 Å². The number of nitrogen functional groups attached to an aromatic ring is 1. The van der Waals surface area contributed by atoms with Gasteiger partial charge in [0, 0.05) is 11.8 Å². The molecule has 0 spiro atoms. The molecular formula is C11H16N4O2S. The van der Waals surface area contributed by atoms with Crippen LogP contribution in [0.5, 0.6) is 0 Å². The maximum atomic E-state index is 11.3. The average Bonchev–Trinajstić information content (AvgIpc) is 3.17. The van der Waals surface area contributed by atoms with Gasteiger partial charge >= 0.3 is 5.97 Å². The van der Waals surface area contributed by atoms with Gasteiger partial charge < -0.3 is 10.2 Å². The van der Waals surface area contributed by atoms with E-state index in [0.29, 0.717) is 12.2 Å². The third kappa shape index (κ3) is 3.33. The van der Waals surface area contributed by atoms with Gasteiger partial charge in [-0.1, -0.05) is 0 Å². The number of hydrogen-bond donors (Lipinski definition) is 2. The molecule has 0 unspecified atom stereocenters. The molecule has 6 nitrogen and oxygen atoms in total. The predicted molar refractivity (Wildman–Crippen MR) is 68.9 cm³/mol. The highest BCUT2D eigenvalue weighted by Crippen LogP contribution is 2.52. The predicted octanol–water partition coefficient (Wildman–Crippen LogP) is 1.20. The lowest BCUT2D eigenvalue weighted by Crippen LogP contribution is -2.13. The first kappa shape index (κ1) is 13.1. The number of nitrogens with one attached hydrogen (secondary N) is 1. The second kappa shape index (κ2) is 5.53. The number of nitrogens with zero attached hydrogens (tertiary/aromatic N) is 2. The molecule has 1 aromatic rings. The maximum absolute atomic E-state index is 11.3. The van der Waals surface area contributed by atoms with Gasteiger partial charge in [0.2, 0.25) is 0 Å². The number of carbonyl (C=O) groups is 1. The lowest BCUT2D eigenvalue weighted by atomic mass is 10.1. The maximum Gasteiger partial charge on any atom is 0.306 e. The third-order valence-corrected chi connectivity index (χ3v) is 4.30. The first-order valence-electron chi connectivity index (χ1n) is 5.66. The highest BCUT2D eigenvalue weighted by atomic mass is 32.2. The highest BCUT2D eigenvalue weighted by Gasteiger charge is 2.44. The van der Waals surface area contributed by atoms with Gasteiger partial charge in [0.25, 0.3) is 0 Å². The molecule has 98 valence electrons. The number of anilines is 1. The van der Waals surface area contributed by atoms with Crippen LogP contribution in [0.4, 0.5) is 5.82 Å². The molecule has 0 amide bonds. The molecule has 0 aromatic carbocycles. The molecule has 7 heteroatoms. The van der Waals surface area contributed by atoms with Crippen molar-refractivity contribution < 1.29 is 9.53 Å². The Hall–Kier alpha value is -1.34. The molecule has 1 fully saturated rings. The van der Waals surface area contributed by atoms with Crippen molar-refractivity contribution in [2.24, 2.45) is 11.3 Å². The average molecular weight is 268 g/mol. The molecule has 1 aromatic heterocycles. The van der Waals surface area contributed by atoms with Crippen molar-refractivity contribution in [2.75, 3.05) is 18.3 Å². The fourth-order valence-electron chi connectivity index (χ4n) is 1.65. The Morgan fingerprint density at radius 2 is 2.39 bits per heavy atom. The number of hydrogen-bond acceptors (Lipinski definition) is 7. The summed E-state index contributed by atoms with van der Waals surface area (Å²) in [4.78, 5) is 19.4. The Morgan fingerprint density at radius 1 is 1.61 bits per heavy atom.